The minimum atomic E-state index is -0.119. The fourth-order valence-electron chi connectivity index (χ4n) is 1.81. The van der Waals surface area contributed by atoms with Crippen LogP contribution in [0.15, 0.2) is 29.6 Å². The molecule has 0 radical (unpaired) electrons. The molecule has 21 heavy (non-hydrogen) atoms. The topological polar surface area (TPSA) is 62.3 Å². The Kier molecular flexibility index (Phi) is 4.70. The highest BCUT2D eigenvalue weighted by Crippen LogP contribution is 2.13. The molecule has 5 nitrogen and oxygen atoms in total. The van der Waals surface area contributed by atoms with Crippen LogP contribution in [-0.4, -0.2) is 35.8 Å². The number of nitrogens with zero attached hydrogens (tertiary/aromatic N) is 2. The molecule has 2 amide bonds. The molecule has 1 aromatic carbocycles. The summed E-state index contributed by atoms with van der Waals surface area (Å²) in [6.07, 6.45) is 0.253. The first kappa shape index (κ1) is 15.2. The lowest BCUT2D eigenvalue weighted by Crippen LogP contribution is -2.21. The number of thiazole rings is 1. The van der Waals surface area contributed by atoms with Gasteiger partial charge in [0.15, 0.2) is 0 Å². The maximum Gasteiger partial charge on any atom is 0.253 e. The van der Waals surface area contributed by atoms with Gasteiger partial charge < -0.3 is 10.2 Å². The van der Waals surface area contributed by atoms with Crippen LogP contribution in [-0.2, 0) is 11.2 Å². The van der Waals surface area contributed by atoms with E-state index in [0.29, 0.717) is 11.3 Å². The van der Waals surface area contributed by atoms with Crippen molar-refractivity contribution >= 4 is 28.8 Å². The number of nitrogens with one attached hydrogen (secondary N) is 1. The van der Waals surface area contributed by atoms with Crippen molar-refractivity contribution in [1.29, 1.82) is 0 Å². The van der Waals surface area contributed by atoms with E-state index in [9.17, 15) is 9.59 Å². The minimum Gasteiger partial charge on any atom is -0.345 e. The zero-order chi connectivity index (χ0) is 15.4. The van der Waals surface area contributed by atoms with Gasteiger partial charge >= 0.3 is 0 Å². The second-order valence-electron chi connectivity index (χ2n) is 4.86. The van der Waals surface area contributed by atoms with Crippen LogP contribution in [0.4, 0.5) is 5.69 Å². The van der Waals surface area contributed by atoms with Gasteiger partial charge in [0, 0.05) is 30.7 Å². The molecule has 0 unspecified atom stereocenters. The zero-order valence-electron chi connectivity index (χ0n) is 12.2. The van der Waals surface area contributed by atoms with E-state index in [1.54, 1.807) is 38.4 Å². The summed E-state index contributed by atoms with van der Waals surface area (Å²) in [5.74, 6) is -0.183. The summed E-state index contributed by atoms with van der Waals surface area (Å²) >= 11 is 1.53. The van der Waals surface area contributed by atoms with Gasteiger partial charge in [0.05, 0.1) is 17.1 Å². The quantitative estimate of drug-likeness (QED) is 0.943. The summed E-state index contributed by atoms with van der Waals surface area (Å²) in [7, 11) is 3.40. The molecular formula is C15H17N3O2S. The lowest BCUT2D eigenvalue weighted by atomic mass is 10.2. The Hall–Kier alpha value is -2.21. The molecule has 0 bridgehead atoms. The van der Waals surface area contributed by atoms with Crippen LogP contribution in [0.1, 0.15) is 21.1 Å². The number of carbonyl (C=O) groups is 2. The van der Waals surface area contributed by atoms with Crippen LogP contribution in [0.3, 0.4) is 0 Å². The lowest BCUT2D eigenvalue weighted by molar-refractivity contribution is -0.115. The first-order valence-electron chi connectivity index (χ1n) is 6.48. The van der Waals surface area contributed by atoms with Crippen molar-refractivity contribution in [3.63, 3.8) is 0 Å². The number of aryl methyl sites for hydroxylation is 1. The molecule has 0 fully saturated rings. The monoisotopic (exact) mass is 303 g/mol. The number of anilines is 1. The van der Waals surface area contributed by atoms with Crippen LogP contribution < -0.4 is 5.32 Å². The second kappa shape index (κ2) is 6.49. The van der Waals surface area contributed by atoms with Gasteiger partial charge in [-0.2, -0.15) is 0 Å². The van der Waals surface area contributed by atoms with Crippen LogP contribution in [0, 0.1) is 6.92 Å². The first-order valence-corrected chi connectivity index (χ1v) is 7.36. The molecular weight excluding hydrogens is 286 g/mol. The zero-order valence-corrected chi connectivity index (χ0v) is 13.0. The standard InChI is InChI=1S/C15H17N3O2S/c1-10-16-13(9-21-10)8-14(19)17-12-6-4-11(5-7-12)15(20)18(2)3/h4-7,9H,8H2,1-3H3,(H,17,19). The summed E-state index contributed by atoms with van der Waals surface area (Å²) in [4.78, 5) is 29.4. The Morgan fingerprint density at radius 3 is 2.43 bits per heavy atom. The van der Waals surface area contributed by atoms with E-state index < -0.39 is 0 Å². The van der Waals surface area contributed by atoms with E-state index in [0.717, 1.165) is 10.7 Å². The number of rotatable bonds is 4. The van der Waals surface area contributed by atoms with E-state index in [4.69, 9.17) is 0 Å². The molecule has 1 aromatic heterocycles. The van der Waals surface area contributed by atoms with Crippen molar-refractivity contribution in [2.45, 2.75) is 13.3 Å². The SMILES string of the molecule is Cc1nc(CC(=O)Nc2ccc(C(=O)N(C)C)cc2)cs1. The van der Waals surface area contributed by atoms with Gasteiger partial charge in [-0.15, -0.1) is 11.3 Å². The number of aromatic nitrogens is 1. The van der Waals surface area contributed by atoms with Gasteiger partial charge in [-0.1, -0.05) is 0 Å². The number of carbonyl (C=O) groups excluding carboxylic acids is 2. The van der Waals surface area contributed by atoms with Crippen molar-refractivity contribution in [2.24, 2.45) is 0 Å². The number of amides is 2. The minimum absolute atomic E-state index is 0.0641. The third kappa shape index (κ3) is 4.13. The molecule has 110 valence electrons. The Bertz CT molecular complexity index is 647. The van der Waals surface area contributed by atoms with E-state index >= 15 is 0 Å². The van der Waals surface area contributed by atoms with Crippen LogP contribution >= 0.6 is 11.3 Å². The summed E-state index contributed by atoms with van der Waals surface area (Å²) in [5.41, 5.74) is 2.03. The molecule has 1 N–H and O–H groups in total. The number of benzene rings is 1. The molecule has 2 rings (SSSR count). The molecule has 0 aliphatic heterocycles. The molecule has 0 spiro atoms. The Balaban J connectivity index is 1.97. The van der Waals surface area contributed by atoms with E-state index in [1.165, 1.54) is 16.2 Å². The van der Waals surface area contributed by atoms with Crippen LogP contribution in [0.2, 0.25) is 0 Å². The second-order valence-corrected chi connectivity index (χ2v) is 5.92. The molecule has 0 atom stereocenters. The first-order chi connectivity index (χ1) is 9.95. The van der Waals surface area contributed by atoms with E-state index in [-0.39, 0.29) is 18.2 Å². The van der Waals surface area contributed by atoms with Crippen LogP contribution in [0.25, 0.3) is 0 Å². The van der Waals surface area contributed by atoms with Gasteiger partial charge in [0.1, 0.15) is 0 Å². The predicted molar refractivity (Wildman–Crippen MR) is 83.6 cm³/mol. The average molecular weight is 303 g/mol. The van der Waals surface area contributed by atoms with Gasteiger partial charge in [0.25, 0.3) is 5.91 Å². The van der Waals surface area contributed by atoms with Gasteiger partial charge in [-0.25, -0.2) is 4.98 Å². The maximum absolute atomic E-state index is 11.9. The molecule has 0 saturated carbocycles. The molecule has 0 aliphatic rings. The fourth-order valence-corrected chi connectivity index (χ4v) is 2.43. The van der Waals surface area contributed by atoms with Crippen molar-refractivity contribution in [3.05, 3.63) is 45.9 Å². The van der Waals surface area contributed by atoms with Gasteiger partial charge in [-0.05, 0) is 31.2 Å². The summed E-state index contributed by atoms with van der Waals surface area (Å²) in [5, 5.41) is 5.63. The van der Waals surface area contributed by atoms with Gasteiger partial charge in [0.2, 0.25) is 5.91 Å². The van der Waals surface area contributed by atoms with Crippen molar-refractivity contribution in [2.75, 3.05) is 19.4 Å². The predicted octanol–water partition coefficient (Wildman–Crippen LogP) is 2.33. The number of hydrogen-bond acceptors (Lipinski definition) is 4. The Labute approximate surface area is 127 Å². The lowest BCUT2D eigenvalue weighted by Gasteiger charge is -2.10. The van der Waals surface area contributed by atoms with Crippen molar-refractivity contribution in [3.8, 4) is 0 Å². The highest BCUT2D eigenvalue weighted by atomic mass is 32.1. The smallest absolute Gasteiger partial charge is 0.253 e. The highest BCUT2D eigenvalue weighted by molar-refractivity contribution is 7.09. The van der Waals surface area contributed by atoms with Crippen LogP contribution in [0.5, 0.6) is 0 Å². The third-order valence-corrected chi connectivity index (χ3v) is 3.65. The summed E-state index contributed by atoms with van der Waals surface area (Å²) in [6, 6.07) is 6.84. The Morgan fingerprint density at radius 2 is 1.90 bits per heavy atom. The Morgan fingerprint density at radius 1 is 1.24 bits per heavy atom. The fraction of sp³-hybridized carbons (Fsp3) is 0.267. The maximum atomic E-state index is 11.9. The number of hydrogen-bond donors (Lipinski definition) is 1. The van der Waals surface area contributed by atoms with Gasteiger partial charge in [-0.3, -0.25) is 9.59 Å². The average Bonchev–Trinajstić information content (AvgIpc) is 2.83. The highest BCUT2D eigenvalue weighted by Gasteiger charge is 2.09. The van der Waals surface area contributed by atoms with E-state index in [2.05, 4.69) is 10.3 Å². The van der Waals surface area contributed by atoms with Crippen molar-refractivity contribution in [1.82, 2.24) is 9.88 Å². The molecule has 2 aromatic rings. The summed E-state index contributed by atoms with van der Waals surface area (Å²) < 4.78 is 0. The molecule has 0 saturated heterocycles. The normalized spacial score (nSPS) is 10.2. The van der Waals surface area contributed by atoms with E-state index in [1.807, 2.05) is 12.3 Å². The molecule has 0 aliphatic carbocycles. The molecule has 6 heteroatoms. The third-order valence-electron chi connectivity index (χ3n) is 2.83. The largest absolute Gasteiger partial charge is 0.345 e. The summed E-state index contributed by atoms with van der Waals surface area (Å²) in [6.45, 7) is 1.91. The van der Waals surface area contributed by atoms with Crippen molar-refractivity contribution < 1.29 is 9.59 Å². The molecule has 1 heterocycles.